The number of unbranched alkanes of at least 4 members (excludes halogenated alkanes) is 4. The van der Waals surface area contributed by atoms with Crippen LogP contribution in [0.3, 0.4) is 0 Å². The third kappa shape index (κ3) is 7.26. The molecule has 31 heavy (non-hydrogen) atoms. The van der Waals surface area contributed by atoms with Crippen molar-refractivity contribution in [3.8, 4) is 0 Å². The molecule has 1 aromatic carbocycles. The van der Waals surface area contributed by atoms with E-state index in [1.54, 1.807) is 6.92 Å². The predicted molar refractivity (Wildman–Crippen MR) is 129 cm³/mol. The first-order chi connectivity index (χ1) is 14.7. The van der Waals surface area contributed by atoms with Gasteiger partial charge in [-0.15, -0.1) is 0 Å². The van der Waals surface area contributed by atoms with Crippen LogP contribution in [0.5, 0.6) is 0 Å². The topological polar surface area (TPSA) is 51.2 Å². The average Bonchev–Trinajstić information content (AvgIpc) is 2.72. The van der Waals surface area contributed by atoms with Gasteiger partial charge in [0, 0.05) is 0 Å². The molecule has 3 nitrogen and oxygen atoms in total. The molecule has 0 bridgehead atoms. The molecule has 0 saturated heterocycles. The summed E-state index contributed by atoms with van der Waals surface area (Å²) in [4.78, 5) is 37.2. The van der Waals surface area contributed by atoms with E-state index in [2.05, 4.69) is 26.5 Å². The molecule has 0 aliphatic rings. The fraction of sp³-hybridized carbons (Fsp3) is 0.607. The van der Waals surface area contributed by atoms with Crippen LogP contribution >= 0.6 is 0 Å². The van der Waals surface area contributed by atoms with Gasteiger partial charge in [0.15, 0.2) is 0 Å². The quantitative estimate of drug-likeness (QED) is 0.126. The van der Waals surface area contributed by atoms with Crippen LogP contribution in [0.15, 0.2) is 36.4 Å². The number of ketones is 2. The van der Waals surface area contributed by atoms with Gasteiger partial charge in [0.25, 0.3) is 0 Å². The van der Waals surface area contributed by atoms with Crippen LogP contribution in [-0.2, 0) is 27.2 Å². The van der Waals surface area contributed by atoms with E-state index in [1.165, 1.54) is 6.92 Å². The van der Waals surface area contributed by atoms with Crippen LogP contribution in [0.4, 0.5) is 0 Å². The molecule has 0 spiro atoms. The highest BCUT2D eigenvalue weighted by molar-refractivity contribution is 5.97. The standard InChI is InChI=1S/C28H42O3/c1-7-9-11-16-27(21-29,23(5)30)19-25-14-13-15-26(18-25)20-28(22(3)4,24(6)31)17-12-10-8-2/h13-15,18,21H,3,7-12,16-17,19-20H2,1-2,4-6H3. The van der Waals surface area contributed by atoms with Crippen LogP contribution in [0.2, 0.25) is 0 Å². The number of carbonyl (C=O) groups excluding carboxylic acids is 3. The number of carbonyl (C=O) groups is 3. The van der Waals surface area contributed by atoms with Gasteiger partial charge >= 0.3 is 0 Å². The first-order valence-electron chi connectivity index (χ1n) is 11.9. The van der Waals surface area contributed by atoms with Gasteiger partial charge in [-0.05, 0) is 57.6 Å². The Morgan fingerprint density at radius 1 is 0.871 bits per heavy atom. The highest BCUT2D eigenvalue weighted by Crippen LogP contribution is 2.38. The molecule has 1 rings (SSSR count). The van der Waals surface area contributed by atoms with Gasteiger partial charge in [-0.3, -0.25) is 9.59 Å². The maximum atomic E-state index is 12.8. The summed E-state index contributed by atoms with van der Waals surface area (Å²) in [6.45, 7) is 13.6. The van der Waals surface area contributed by atoms with Crippen LogP contribution in [-0.4, -0.2) is 17.9 Å². The Hall–Kier alpha value is -2.03. The third-order valence-electron chi connectivity index (χ3n) is 6.87. The van der Waals surface area contributed by atoms with E-state index in [-0.39, 0.29) is 11.6 Å². The predicted octanol–water partition coefficient (Wildman–Crippen LogP) is 6.86. The minimum absolute atomic E-state index is 0.0661. The van der Waals surface area contributed by atoms with Crippen LogP contribution in [0.1, 0.15) is 97.1 Å². The first-order valence-corrected chi connectivity index (χ1v) is 11.9. The molecule has 2 atom stereocenters. The summed E-state index contributed by atoms with van der Waals surface area (Å²) >= 11 is 0. The molecular weight excluding hydrogens is 384 g/mol. The zero-order valence-electron chi connectivity index (χ0n) is 20.4. The minimum atomic E-state index is -0.957. The van der Waals surface area contributed by atoms with Crippen molar-refractivity contribution in [2.75, 3.05) is 0 Å². The van der Waals surface area contributed by atoms with Gasteiger partial charge in [0.2, 0.25) is 0 Å². The van der Waals surface area contributed by atoms with Crippen LogP contribution in [0.25, 0.3) is 0 Å². The summed E-state index contributed by atoms with van der Waals surface area (Å²) in [5, 5.41) is 0. The summed E-state index contributed by atoms with van der Waals surface area (Å²) in [5.74, 6) is 0.0932. The average molecular weight is 427 g/mol. The van der Waals surface area contributed by atoms with Gasteiger partial charge in [-0.1, -0.05) is 88.8 Å². The lowest BCUT2D eigenvalue weighted by Crippen LogP contribution is -2.34. The third-order valence-corrected chi connectivity index (χ3v) is 6.87. The van der Waals surface area contributed by atoms with Gasteiger partial charge in [0.1, 0.15) is 17.9 Å². The van der Waals surface area contributed by atoms with E-state index in [0.29, 0.717) is 19.3 Å². The lowest BCUT2D eigenvalue weighted by atomic mass is 9.69. The van der Waals surface area contributed by atoms with Crippen molar-refractivity contribution in [2.45, 2.75) is 98.8 Å². The summed E-state index contributed by atoms with van der Waals surface area (Å²) in [6.07, 6.45) is 9.41. The van der Waals surface area contributed by atoms with Crippen molar-refractivity contribution >= 4 is 17.9 Å². The van der Waals surface area contributed by atoms with Crippen molar-refractivity contribution in [3.05, 3.63) is 47.5 Å². The van der Waals surface area contributed by atoms with E-state index in [9.17, 15) is 14.4 Å². The van der Waals surface area contributed by atoms with Crippen molar-refractivity contribution < 1.29 is 14.4 Å². The molecule has 0 aliphatic carbocycles. The first kappa shape index (κ1) is 27.0. The Labute approximate surface area is 189 Å². The zero-order chi connectivity index (χ0) is 23.5. The molecule has 0 fully saturated rings. The maximum Gasteiger partial charge on any atom is 0.143 e. The Kier molecular flexibility index (Phi) is 11.1. The molecule has 0 radical (unpaired) electrons. The second-order valence-electron chi connectivity index (χ2n) is 9.34. The van der Waals surface area contributed by atoms with E-state index < -0.39 is 10.8 Å². The van der Waals surface area contributed by atoms with Crippen LogP contribution < -0.4 is 0 Å². The van der Waals surface area contributed by atoms with Gasteiger partial charge < -0.3 is 4.79 Å². The fourth-order valence-corrected chi connectivity index (χ4v) is 4.56. The largest absolute Gasteiger partial charge is 0.302 e. The number of hydrogen-bond acceptors (Lipinski definition) is 3. The number of Topliss-reactive ketones (excluding diaryl/α,β-unsaturated/α-hetero) is 2. The molecule has 2 unspecified atom stereocenters. The molecule has 3 heteroatoms. The smallest absolute Gasteiger partial charge is 0.143 e. The molecule has 1 aromatic rings. The Balaban J connectivity index is 3.19. The highest BCUT2D eigenvalue weighted by Gasteiger charge is 2.37. The molecule has 0 aromatic heterocycles. The highest BCUT2D eigenvalue weighted by atomic mass is 16.1. The molecule has 0 N–H and O–H groups in total. The molecule has 172 valence electrons. The number of allylic oxidation sites excluding steroid dienone is 1. The second kappa shape index (κ2) is 12.7. The molecule has 0 saturated carbocycles. The van der Waals surface area contributed by atoms with E-state index in [1.807, 2.05) is 25.1 Å². The van der Waals surface area contributed by atoms with Gasteiger partial charge in [0.05, 0.1) is 10.8 Å². The Morgan fingerprint density at radius 2 is 1.42 bits per heavy atom. The van der Waals surface area contributed by atoms with Gasteiger partial charge in [-0.25, -0.2) is 0 Å². The summed E-state index contributed by atoms with van der Waals surface area (Å²) < 4.78 is 0. The van der Waals surface area contributed by atoms with Crippen molar-refractivity contribution in [3.63, 3.8) is 0 Å². The van der Waals surface area contributed by atoms with E-state index in [0.717, 1.165) is 67.9 Å². The molecule has 0 heterocycles. The monoisotopic (exact) mass is 426 g/mol. The minimum Gasteiger partial charge on any atom is -0.302 e. The Bertz CT molecular complexity index is 747. The molecular formula is C28H42O3. The van der Waals surface area contributed by atoms with Crippen molar-refractivity contribution in [1.82, 2.24) is 0 Å². The van der Waals surface area contributed by atoms with Gasteiger partial charge in [-0.2, -0.15) is 0 Å². The fourth-order valence-electron chi connectivity index (χ4n) is 4.56. The SMILES string of the molecule is C=C(C)C(CCCCC)(Cc1cccc(CC(C=O)(CCCCC)C(C)=O)c1)C(C)=O. The van der Waals surface area contributed by atoms with E-state index in [4.69, 9.17) is 0 Å². The number of hydrogen-bond donors (Lipinski definition) is 0. The number of aldehydes is 1. The molecule has 0 aliphatic heterocycles. The number of rotatable bonds is 16. The number of benzene rings is 1. The van der Waals surface area contributed by atoms with Crippen LogP contribution in [0, 0.1) is 10.8 Å². The summed E-state index contributed by atoms with van der Waals surface area (Å²) in [6, 6.07) is 8.07. The van der Waals surface area contributed by atoms with Crippen molar-refractivity contribution in [1.29, 1.82) is 0 Å². The summed E-state index contributed by atoms with van der Waals surface area (Å²) in [5.41, 5.74) is 1.43. The Morgan fingerprint density at radius 3 is 1.87 bits per heavy atom. The van der Waals surface area contributed by atoms with Crippen molar-refractivity contribution in [2.24, 2.45) is 10.8 Å². The summed E-state index contributed by atoms with van der Waals surface area (Å²) in [7, 11) is 0. The lowest BCUT2D eigenvalue weighted by Gasteiger charge is -2.33. The molecule has 0 amide bonds. The zero-order valence-corrected chi connectivity index (χ0v) is 20.4. The van der Waals surface area contributed by atoms with E-state index >= 15 is 0 Å². The second-order valence-corrected chi connectivity index (χ2v) is 9.34. The lowest BCUT2D eigenvalue weighted by molar-refractivity contribution is -0.133. The normalized spacial score (nSPS) is 15.0. The maximum absolute atomic E-state index is 12.8.